The molecular formula is C11H19ClN4O. The first-order valence-corrected chi connectivity index (χ1v) is 5.85. The number of H-pyrrole nitrogens is 1. The van der Waals surface area contributed by atoms with Gasteiger partial charge in [-0.1, -0.05) is 6.92 Å². The van der Waals surface area contributed by atoms with E-state index in [2.05, 4.69) is 20.8 Å². The van der Waals surface area contributed by atoms with Crippen molar-refractivity contribution in [1.29, 1.82) is 0 Å². The van der Waals surface area contributed by atoms with Crippen LogP contribution in [0.25, 0.3) is 0 Å². The van der Waals surface area contributed by atoms with Gasteiger partial charge in [0.15, 0.2) is 0 Å². The summed E-state index contributed by atoms with van der Waals surface area (Å²) in [5.41, 5.74) is 1.59. The molecule has 1 aliphatic carbocycles. The monoisotopic (exact) mass is 258 g/mol. The summed E-state index contributed by atoms with van der Waals surface area (Å²) in [5.74, 6) is 0.511. The molecule has 1 aromatic rings. The highest BCUT2D eigenvalue weighted by Crippen LogP contribution is 2.38. The van der Waals surface area contributed by atoms with Crippen LogP contribution in [0.3, 0.4) is 0 Å². The number of halogens is 1. The Kier molecular flexibility index (Phi) is 5.44. The van der Waals surface area contributed by atoms with Crippen LogP contribution in [0.1, 0.15) is 41.9 Å². The van der Waals surface area contributed by atoms with Crippen molar-refractivity contribution in [3.05, 3.63) is 17.5 Å². The molecule has 2 rings (SSSR count). The number of rotatable bonds is 6. The molecule has 6 heteroatoms. The number of aromatic amines is 1. The molecule has 0 aromatic carbocycles. The van der Waals surface area contributed by atoms with E-state index in [1.165, 1.54) is 12.8 Å². The van der Waals surface area contributed by atoms with Gasteiger partial charge in [0, 0.05) is 24.7 Å². The van der Waals surface area contributed by atoms with E-state index >= 15 is 0 Å². The predicted octanol–water partition coefficient (Wildman–Crippen LogP) is 1.05. The second kappa shape index (κ2) is 6.61. The molecule has 3 N–H and O–H groups in total. The van der Waals surface area contributed by atoms with Crippen LogP contribution in [-0.2, 0) is 0 Å². The summed E-state index contributed by atoms with van der Waals surface area (Å²) in [4.78, 5) is 11.6. The third-order valence-corrected chi connectivity index (χ3v) is 2.68. The van der Waals surface area contributed by atoms with Crippen LogP contribution in [0.15, 0.2) is 6.07 Å². The Labute approximate surface area is 107 Å². The fourth-order valence-electron chi connectivity index (χ4n) is 1.59. The summed E-state index contributed by atoms with van der Waals surface area (Å²) in [7, 11) is 0. The largest absolute Gasteiger partial charge is 0.349 e. The summed E-state index contributed by atoms with van der Waals surface area (Å²) in [5, 5.41) is 12.9. The number of likely N-dealkylation sites (N-methyl/N-ethyl adjacent to an activating group) is 1. The fourth-order valence-corrected chi connectivity index (χ4v) is 1.59. The topological polar surface area (TPSA) is 69.8 Å². The zero-order valence-corrected chi connectivity index (χ0v) is 10.8. The molecule has 0 radical (unpaired) electrons. The van der Waals surface area contributed by atoms with Gasteiger partial charge in [0.25, 0.3) is 5.91 Å². The van der Waals surface area contributed by atoms with E-state index in [1.807, 2.05) is 13.0 Å². The maximum Gasteiger partial charge on any atom is 0.271 e. The third-order valence-electron chi connectivity index (χ3n) is 2.68. The number of amides is 1. The highest BCUT2D eigenvalue weighted by molar-refractivity contribution is 5.92. The Morgan fingerprint density at radius 1 is 1.53 bits per heavy atom. The lowest BCUT2D eigenvalue weighted by Crippen LogP contribution is -2.31. The fraction of sp³-hybridized carbons (Fsp3) is 0.636. The molecule has 5 nitrogen and oxygen atoms in total. The highest BCUT2D eigenvalue weighted by atomic mass is 35.5. The molecule has 0 saturated heterocycles. The van der Waals surface area contributed by atoms with Crippen molar-refractivity contribution < 1.29 is 4.79 Å². The summed E-state index contributed by atoms with van der Waals surface area (Å²) in [6, 6.07) is 1.86. The van der Waals surface area contributed by atoms with Crippen LogP contribution in [0.5, 0.6) is 0 Å². The van der Waals surface area contributed by atoms with Crippen molar-refractivity contribution in [1.82, 2.24) is 20.8 Å². The number of carbonyl (C=O) groups is 1. The first kappa shape index (κ1) is 14.0. The normalized spacial score (nSPS) is 14.2. The van der Waals surface area contributed by atoms with E-state index in [0.717, 1.165) is 18.8 Å². The van der Waals surface area contributed by atoms with E-state index in [4.69, 9.17) is 0 Å². The van der Waals surface area contributed by atoms with Gasteiger partial charge in [0.2, 0.25) is 0 Å². The van der Waals surface area contributed by atoms with Crippen LogP contribution in [-0.4, -0.2) is 35.7 Å². The van der Waals surface area contributed by atoms with E-state index in [1.54, 1.807) is 0 Å². The van der Waals surface area contributed by atoms with Crippen LogP contribution in [0.2, 0.25) is 0 Å². The molecule has 0 spiro atoms. The molecule has 1 fully saturated rings. The number of hydrogen-bond acceptors (Lipinski definition) is 3. The highest BCUT2D eigenvalue weighted by Gasteiger charge is 2.26. The minimum absolute atomic E-state index is 0. The smallest absolute Gasteiger partial charge is 0.271 e. The van der Waals surface area contributed by atoms with E-state index in [0.29, 0.717) is 18.2 Å². The SMILES string of the molecule is CCNCCNC(=O)c1cc(C2CC2)[nH]n1.Cl. The van der Waals surface area contributed by atoms with Gasteiger partial charge in [-0.15, -0.1) is 12.4 Å². The molecule has 0 atom stereocenters. The van der Waals surface area contributed by atoms with Gasteiger partial charge in [-0.05, 0) is 25.5 Å². The molecule has 1 saturated carbocycles. The zero-order chi connectivity index (χ0) is 11.4. The van der Waals surface area contributed by atoms with Gasteiger partial charge in [0.05, 0.1) is 0 Å². The summed E-state index contributed by atoms with van der Waals surface area (Å²) >= 11 is 0. The number of aromatic nitrogens is 2. The zero-order valence-electron chi connectivity index (χ0n) is 9.95. The minimum Gasteiger partial charge on any atom is -0.349 e. The summed E-state index contributed by atoms with van der Waals surface area (Å²) < 4.78 is 0. The van der Waals surface area contributed by atoms with Gasteiger partial charge < -0.3 is 10.6 Å². The molecule has 96 valence electrons. The molecule has 0 bridgehead atoms. The molecule has 1 heterocycles. The van der Waals surface area contributed by atoms with Crippen LogP contribution >= 0.6 is 12.4 Å². The lowest BCUT2D eigenvalue weighted by Gasteiger charge is -2.02. The molecule has 1 aliphatic rings. The van der Waals surface area contributed by atoms with Crippen molar-refractivity contribution in [2.75, 3.05) is 19.6 Å². The van der Waals surface area contributed by atoms with E-state index < -0.39 is 0 Å². The third kappa shape index (κ3) is 4.02. The van der Waals surface area contributed by atoms with E-state index in [9.17, 15) is 4.79 Å². The first-order chi connectivity index (χ1) is 7.81. The molecule has 17 heavy (non-hydrogen) atoms. The number of nitrogens with one attached hydrogen (secondary N) is 3. The Balaban J connectivity index is 0.00000144. The van der Waals surface area contributed by atoms with Crippen molar-refractivity contribution in [2.24, 2.45) is 0 Å². The van der Waals surface area contributed by atoms with Gasteiger partial charge in [-0.25, -0.2) is 0 Å². The van der Waals surface area contributed by atoms with Gasteiger partial charge in [-0.3, -0.25) is 9.89 Å². The van der Waals surface area contributed by atoms with Crippen LogP contribution in [0, 0.1) is 0 Å². The minimum atomic E-state index is -0.0962. The van der Waals surface area contributed by atoms with Gasteiger partial charge in [-0.2, -0.15) is 5.10 Å². The number of nitrogens with zero attached hydrogens (tertiary/aromatic N) is 1. The Bertz CT molecular complexity index is 362. The average molecular weight is 259 g/mol. The van der Waals surface area contributed by atoms with E-state index in [-0.39, 0.29) is 18.3 Å². The van der Waals surface area contributed by atoms with Gasteiger partial charge >= 0.3 is 0 Å². The van der Waals surface area contributed by atoms with Crippen molar-refractivity contribution in [3.8, 4) is 0 Å². The number of hydrogen-bond donors (Lipinski definition) is 3. The Morgan fingerprint density at radius 3 is 2.94 bits per heavy atom. The van der Waals surface area contributed by atoms with Crippen molar-refractivity contribution in [3.63, 3.8) is 0 Å². The maximum atomic E-state index is 11.6. The average Bonchev–Trinajstić information content (AvgIpc) is 3.02. The molecule has 0 unspecified atom stereocenters. The lowest BCUT2D eigenvalue weighted by molar-refractivity contribution is 0.0949. The quantitative estimate of drug-likeness (QED) is 0.668. The summed E-state index contributed by atoms with van der Waals surface area (Å²) in [6.07, 6.45) is 2.42. The van der Waals surface area contributed by atoms with Crippen LogP contribution in [0.4, 0.5) is 0 Å². The maximum absolute atomic E-state index is 11.6. The summed E-state index contributed by atoms with van der Waals surface area (Å²) in [6.45, 7) is 4.39. The molecule has 1 aromatic heterocycles. The van der Waals surface area contributed by atoms with Crippen molar-refractivity contribution >= 4 is 18.3 Å². The van der Waals surface area contributed by atoms with Crippen LogP contribution < -0.4 is 10.6 Å². The predicted molar refractivity (Wildman–Crippen MR) is 68.7 cm³/mol. The molecule has 0 aliphatic heterocycles. The first-order valence-electron chi connectivity index (χ1n) is 5.85. The molecular weight excluding hydrogens is 240 g/mol. The number of carbonyl (C=O) groups excluding carboxylic acids is 1. The standard InChI is InChI=1S/C11H18N4O.ClH/c1-2-12-5-6-13-11(16)10-7-9(14-15-10)8-3-4-8;/h7-8,12H,2-6H2,1H3,(H,13,16)(H,14,15);1H. The lowest BCUT2D eigenvalue weighted by atomic mass is 10.2. The second-order valence-electron chi connectivity index (χ2n) is 4.09. The Hall–Kier alpha value is -1.07. The van der Waals surface area contributed by atoms with Crippen molar-refractivity contribution in [2.45, 2.75) is 25.7 Å². The second-order valence-corrected chi connectivity index (χ2v) is 4.09. The Morgan fingerprint density at radius 2 is 2.29 bits per heavy atom. The molecule has 1 amide bonds. The van der Waals surface area contributed by atoms with Gasteiger partial charge in [0.1, 0.15) is 5.69 Å².